The number of alkyl halides is 3. The van der Waals surface area contributed by atoms with Gasteiger partial charge in [0, 0.05) is 100 Å². The molecule has 40 heavy (non-hydrogen) atoms. The molecule has 0 unspecified atom stereocenters. The average Bonchev–Trinajstić information content (AvgIpc) is 3.57. The number of aryl methyl sites for hydroxylation is 1. The van der Waals surface area contributed by atoms with Gasteiger partial charge in [-0.1, -0.05) is 0 Å². The van der Waals surface area contributed by atoms with Crippen molar-refractivity contribution in [1.29, 1.82) is 0 Å². The number of benzene rings is 1. The molecule has 5 heterocycles. The number of ether oxygens (including phenoxy) is 1. The van der Waals surface area contributed by atoms with Crippen molar-refractivity contribution < 1.29 is 50.6 Å². The molecule has 0 amide bonds. The third-order valence-corrected chi connectivity index (χ3v) is 8.20. The molecule has 2 aromatic heterocycles. The van der Waals surface area contributed by atoms with Crippen LogP contribution in [0.2, 0.25) is 0 Å². The van der Waals surface area contributed by atoms with Crippen molar-refractivity contribution in [2.45, 2.75) is 70.8 Å². The van der Waals surface area contributed by atoms with Gasteiger partial charge in [-0.15, -0.1) is 0 Å². The van der Waals surface area contributed by atoms with Gasteiger partial charge in [0.1, 0.15) is 0 Å². The number of halogens is 3. The van der Waals surface area contributed by atoms with Gasteiger partial charge in [0.25, 0.3) is 0 Å². The number of hydrogen-bond acceptors (Lipinski definition) is 5. The van der Waals surface area contributed by atoms with Crippen LogP contribution in [0.4, 0.5) is 24.7 Å². The SMILES string of the molecule is C[N-]N1CCc2c(c(N3CCCc4cc(-c5cnn(C(C)C)c5)c(C(F)(F)F)cc43)nn2C2CCOCC2)C1.[Y]. The first kappa shape index (κ1) is 29.7. The van der Waals surface area contributed by atoms with Crippen LogP contribution >= 0.6 is 0 Å². The van der Waals surface area contributed by atoms with Gasteiger partial charge in [-0.05, 0) is 69.3 Å². The Kier molecular flexibility index (Phi) is 8.79. The standard InChI is InChI=1S/C28H35F3N7O.Y/c1-18(2)37-16-20(15-33-37)22-13-19-5-4-9-36(26(19)14-24(22)28(29,30)31)27-23-17-35(32-3)10-6-25(23)38(34-27)21-7-11-39-12-8-21;/h13-16,18,21H,4-12,17H2,1-3H3;/q-1;. The van der Waals surface area contributed by atoms with Crippen molar-refractivity contribution in [2.75, 3.05) is 38.3 Å². The summed E-state index contributed by atoms with van der Waals surface area (Å²) in [6, 6.07) is 3.36. The minimum Gasteiger partial charge on any atom is -0.597 e. The van der Waals surface area contributed by atoms with Crippen LogP contribution in [-0.2, 0) is 63.0 Å². The van der Waals surface area contributed by atoms with Crippen molar-refractivity contribution in [2.24, 2.45) is 0 Å². The smallest absolute Gasteiger partial charge is 0.417 e. The van der Waals surface area contributed by atoms with E-state index < -0.39 is 11.7 Å². The summed E-state index contributed by atoms with van der Waals surface area (Å²) in [6.07, 6.45) is 2.87. The fraction of sp³-hybridized carbons (Fsp3) is 0.571. The molecule has 0 bridgehead atoms. The average molecular weight is 632 g/mol. The molecule has 1 fully saturated rings. The molecule has 0 aliphatic carbocycles. The van der Waals surface area contributed by atoms with Crippen molar-refractivity contribution in [3.8, 4) is 11.1 Å². The Labute approximate surface area is 258 Å². The first-order chi connectivity index (χ1) is 18.7. The molecule has 1 aromatic carbocycles. The van der Waals surface area contributed by atoms with E-state index in [1.807, 2.05) is 23.8 Å². The quantitative estimate of drug-likeness (QED) is 0.343. The van der Waals surface area contributed by atoms with Crippen molar-refractivity contribution in [3.63, 3.8) is 0 Å². The Balaban J connectivity index is 0.00000323. The van der Waals surface area contributed by atoms with Crippen LogP contribution in [0.1, 0.15) is 67.6 Å². The molecule has 8 nitrogen and oxygen atoms in total. The van der Waals surface area contributed by atoms with Gasteiger partial charge in [0.05, 0.1) is 17.8 Å². The predicted molar refractivity (Wildman–Crippen MR) is 143 cm³/mol. The van der Waals surface area contributed by atoms with E-state index in [0.29, 0.717) is 44.0 Å². The molecule has 3 aromatic rings. The summed E-state index contributed by atoms with van der Waals surface area (Å²) in [7, 11) is 1.78. The number of fused-ring (bicyclic) bond motifs is 2. The normalized spacial score (nSPS) is 18.5. The van der Waals surface area contributed by atoms with Crippen molar-refractivity contribution in [1.82, 2.24) is 24.6 Å². The zero-order valence-corrected chi connectivity index (χ0v) is 26.1. The second-order valence-electron chi connectivity index (χ2n) is 11.0. The van der Waals surface area contributed by atoms with E-state index in [1.165, 1.54) is 18.0 Å². The van der Waals surface area contributed by atoms with Crippen LogP contribution < -0.4 is 4.90 Å². The molecule has 3 aliphatic rings. The summed E-state index contributed by atoms with van der Waals surface area (Å²) in [6.45, 7) is 7.34. The van der Waals surface area contributed by atoms with Gasteiger partial charge in [-0.3, -0.25) is 9.36 Å². The number of nitrogens with zero attached hydrogens (tertiary/aromatic N) is 7. The van der Waals surface area contributed by atoms with Crippen molar-refractivity contribution >= 4 is 11.5 Å². The van der Waals surface area contributed by atoms with Crippen LogP contribution in [-0.4, -0.2) is 57.9 Å². The predicted octanol–water partition coefficient (Wildman–Crippen LogP) is 6.06. The topological polar surface area (TPSA) is 65.5 Å². The van der Waals surface area contributed by atoms with E-state index >= 15 is 0 Å². The molecule has 0 saturated carbocycles. The largest absolute Gasteiger partial charge is 0.597 e. The van der Waals surface area contributed by atoms with E-state index in [9.17, 15) is 13.2 Å². The third-order valence-electron chi connectivity index (χ3n) is 8.20. The summed E-state index contributed by atoms with van der Waals surface area (Å²) < 4.78 is 53.0. The molecule has 6 rings (SSSR count). The van der Waals surface area contributed by atoms with Crippen LogP contribution in [0.5, 0.6) is 0 Å². The molecule has 12 heteroatoms. The van der Waals surface area contributed by atoms with Crippen LogP contribution in [0.25, 0.3) is 16.6 Å². The van der Waals surface area contributed by atoms with Gasteiger partial charge in [0.2, 0.25) is 0 Å². The maximum absolute atomic E-state index is 14.5. The van der Waals surface area contributed by atoms with E-state index in [-0.39, 0.29) is 50.4 Å². The molecular weight excluding hydrogens is 596 g/mol. The number of hydrogen-bond donors (Lipinski definition) is 0. The molecule has 1 saturated heterocycles. The first-order valence-electron chi connectivity index (χ1n) is 13.8. The molecule has 3 aliphatic heterocycles. The summed E-state index contributed by atoms with van der Waals surface area (Å²) in [5.74, 6) is 0.763. The van der Waals surface area contributed by atoms with E-state index in [1.54, 1.807) is 24.0 Å². The minimum atomic E-state index is -4.51. The first-order valence-corrected chi connectivity index (χ1v) is 13.8. The molecule has 1 radical (unpaired) electrons. The molecule has 0 N–H and O–H groups in total. The van der Waals surface area contributed by atoms with E-state index in [0.717, 1.165) is 49.2 Å². The second kappa shape index (κ2) is 11.8. The third kappa shape index (κ3) is 5.52. The molecule has 213 valence electrons. The van der Waals surface area contributed by atoms with Crippen LogP contribution in [0, 0.1) is 0 Å². The zero-order chi connectivity index (χ0) is 27.3. The minimum absolute atomic E-state index is 0. The summed E-state index contributed by atoms with van der Waals surface area (Å²) in [5.41, 5.74) is 8.18. The molecule has 0 atom stereocenters. The fourth-order valence-electron chi connectivity index (χ4n) is 6.12. The molecular formula is C28H35F3N7OY-. The Hall–Kier alpha value is -1.79. The second-order valence-corrected chi connectivity index (χ2v) is 11.0. The number of anilines is 2. The number of rotatable bonds is 5. The van der Waals surface area contributed by atoms with Gasteiger partial charge in [-0.25, -0.2) is 0 Å². The van der Waals surface area contributed by atoms with Gasteiger partial charge in [-0.2, -0.15) is 30.4 Å². The maximum Gasteiger partial charge on any atom is 0.417 e. The Morgan fingerprint density at radius 2 is 1.88 bits per heavy atom. The van der Waals surface area contributed by atoms with Crippen LogP contribution in [0.15, 0.2) is 24.5 Å². The van der Waals surface area contributed by atoms with Gasteiger partial charge >= 0.3 is 6.18 Å². The zero-order valence-electron chi connectivity index (χ0n) is 23.3. The summed E-state index contributed by atoms with van der Waals surface area (Å²) in [5, 5.41) is 11.4. The monoisotopic (exact) mass is 631 g/mol. The van der Waals surface area contributed by atoms with Crippen LogP contribution in [0.3, 0.4) is 0 Å². The van der Waals surface area contributed by atoms with Crippen molar-refractivity contribution in [3.05, 3.63) is 52.3 Å². The maximum atomic E-state index is 14.5. The summed E-state index contributed by atoms with van der Waals surface area (Å²) in [4.78, 5) is 2.02. The Bertz CT molecular complexity index is 1350. The van der Waals surface area contributed by atoms with Gasteiger partial charge in [0.15, 0.2) is 5.82 Å². The molecule has 0 spiro atoms. The van der Waals surface area contributed by atoms with E-state index in [2.05, 4.69) is 15.2 Å². The summed E-state index contributed by atoms with van der Waals surface area (Å²) >= 11 is 0. The Morgan fingerprint density at radius 3 is 2.55 bits per heavy atom. The van der Waals surface area contributed by atoms with E-state index in [4.69, 9.17) is 9.84 Å². The Morgan fingerprint density at radius 1 is 1.10 bits per heavy atom. The fourth-order valence-corrected chi connectivity index (χ4v) is 6.12. The van der Waals surface area contributed by atoms with Gasteiger partial charge < -0.3 is 20.1 Å². The number of aromatic nitrogens is 4.